The number of nitrogens with one attached hydrogen (secondary N) is 3. The largest absolute Gasteiger partial charge is 0.359 e. The highest BCUT2D eigenvalue weighted by Crippen LogP contribution is 2.52. The smallest absolute Gasteiger partial charge is 0.0717 e. The molecule has 0 fully saturated rings. The highest BCUT2D eigenvalue weighted by atomic mass is 14.9. The molecule has 0 saturated carbocycles. The molecule has 3 heteroatoms. The van der Waals surface area contributed by atoms with E-state index in [0.29, 0.717) is 0 Å². The van der Waals surface area contributed by atoms with Crippen LogP contribution in [0.25, 0.3) is 89.5 Å². The number of rotatable bonds is 8. The summed E-state index contributed by atoms with van der Waals surface area (Å²) in [6.45, 7) is 2.19. The molecule has 3 nitrogen and oxygen atoms in total. The molecular weight excluding hydrogens is 631 g/mol. The minimum absolute atomic E-state index is 1.04. The summed E-state index contributed by atoms with van der Waals surface area (Å²) in [4.78, 5) is 11.8. The molecule has 248 valence electrons. The third-order valence-electron chi connectivity index (χ3n) is 9.96. The van der Waals surface area contributed by atoms with Crippen molar-refractivity contribution < 1.29 is 0 Å². The molecule has 0 unspecified atom stereocenters. The Morgan fingerprint density at radius 1 is 0.288 bits per heavy atom. The zero-order chi connectivity index (χ0) is 34.9. The van der Waals surface area contributed by atoms with Crippen molar-refractivity contribution in [3.63, 3.8) is 0 Å². The van der Waals surface area contributed by atoms with Crippen LogP contribution in [0, 0.1) is 6.92 Å². The molecule has 0 aliphatic heterocycles. The number of aromatic nitrogens is 3. The van der Waals surface area contributed by atoms with Crippen LogP contribution < -0.4 is 0 Å². The summed E-state index contributed by atoms with van der Waals surface area (Å²) in [5.74, 6) is 0. The Morgan fingerprint density at radius 3 is 1.02 bits per heavy atom. The lowest BCUT2D eigenvalue weighted by molar-refractivity contribution is 1.24. The predicted molar refractivity (Wildman–Crippen MR) is 218 cm³/mol. The molecule has 0 aliphatic rings. The van der Waals surface area contributed by atoms with Crippen molar-refractivity contribution in [1.82, 2.24) is 15.0 Å². The van der Waals surface area contributed by atoms with Crippen LogP contribution in [0.5, 0.6) is 0 Å². The molecule has 0 amide bonds. The van der Waals surface area contributed by atoms with Crippen LogP contribution in [-0.4, -0.2) is 15.0 Å². The lowest BCUT2D eigenvalue weighted by Crippen LogP contribution is -1.88. The van der Waals surface area contributed by atoms with Gasteiger partial charge in [-0.2, -0.15) is 0 Å². The van der Waals surface area contributed by atoms with Gasteiger partial charge in [0.05, 0.1) is 22.8 Å². The van der Waals surface area contributed by atoms with E-state index >= 15 is 0 Å². The standard InChI is InChI=1S/C49H37N3/c1-33-41(35-22-10-3-11-23-35)43(37-26-14-5-15-27-37)48(51-33)49-45(39-30-18-7-19-31-39)44(38-28-16-6-17-29-38)47(52-49)46-42(36-24-12-4-13-25-36)40(32-50-46)34-20-8-2-9-21-34/h2-32,50-52H,1H3. The van der Waals surface area contributed by atoms with Crippen LogP contribution >= 0.6 is 0 Å². The van der Waals surface area contributed by atoms with Crippen molar-refractivity contribution in [3.8, 4) is 89.5 Å². The molecule has 6 aromatic carbocycles. The summed E-state index contributed by atoms with van der Waals surface area (Å²) in [6.07, 6.45) is 2.16. The van der Waals surface area contributed by atoms with Gasteiger partial charge in [-0.3, -0.25) is 0 Å². The molecule has 0 radical (unpaired) electrons. The summed E-state index contributed by atoms with van der Waals surface area (Å²) < 4.78 is 0. The Labute approximate surface area is 304 Å². The van der Waals surface area contributed by atoms with Gasteiger partial charge in [-0.05, 0) is 40.3 Å². The van der Waals surface area contributed by atoms with Gasteiger partial charge in [-0.15, -0.1) is 0 Å². The monoisotopic (exact) mass is 667 g/mol. The lowest BCUT2D eigenvalue weighted by atomic mass is 9.89. The first-order valence-electron chi connectivity index (χ1n) is 17.8. The van der Waals surface area contributed by atoms with E-state index in [1.165, 1.54) is 22.3 Å². The zero-order valence-corrected chi connectivity index (χ0v) is 28.9. The minimum Gasteiger partial charge on any atom is -0.359 e. The van der Waals surface area contributed by atoms with Gasteiger partial charge in [-0.25, -0.2) is 0 Å². The van der Waals surface area contributed by atoms with Gasteiger partial charge in [0, 0.05) is 45.3 Å². The Balaban J connectivity index is 1.42. The van der Waals surface area contributed by atoms with E-state index in [2.05, 4.69) is 210 Å². The van der Waals surface area contributed by atoms with Gasteiger partial charge in [0.2, 0.25) is 0 Å². The van der Waals surface area contributed by atoms with E-state index in [1.807, 2.05) is 0 Å². The van der Waals surface area contributed by atoms with Crippen LogP contribution in [0.15, 0.2) is 188 Å². The summed E-state index contributed by atoms with van der Waals surface area (Å²) in [5, 5.41) is 0. The SMILES string of the molecule is Cc1[nH]c(-c2[nH]c(-c3[nH]cc(-c4ccccc4)c3-c3ccccc3)c(-c3ccccc3)c2-c2ccccc2)c(-c2ccccc2)c1-c1ccccc1. The Hall–Kier alpha value is -6.84. The Kier molecular flexibility index (Phi) is 8.07. The fraction of sp³-hybridized carbons (Fsp3) is 0.0204. The maximum atomic E-state index is 4.09. The fourth-order valence-corrected chi connectivity index (χ4v) is 7.70. The van der Waals surface area contributed by atoms with Gasteiger partial charge >= 0.3 is 0 Å². The van der Waals surface area contributed by atoms with Crippen LogP contribution in [0.4, 0.5) is 0 Å². The Bertz CT molecular complexity index is 2580. The molecule has 9 aromatic rings. The van der Waals surface area contributed by atoms with Crippen LogP contribution in [-0.2, 0) is 0 Å². The lowest BCUT2D eigenvalue weighted by Gasteiger charge is -2.12. The quantitative estimate of drug-likeness (QED) is 0.144. The van der Waals surface area contributed by atoms with Gasteiger partial charge in [0.15, 0.2) is 0 Å². The van der Waals surface area contributed by atoms with Crippen molar-refractivity contribution in [1.29, 1.82) is 0 Å². The maximum absolute atomic E-state index is 4.09. The van der Waals surface area contributed by atoms with E-state index in [1.54, 1.807) is 0 Å². The average Bonchev–Trinajstić information content (AvgIpc) is 3.93. The van der Waals surface area contributed by atoms with E-state index in [9.17, 15) is 0 Å². The van der Waals surface area contributed by atoms with E-state index in [-0.39, 0.29) is 0 Å². The van der Waals surface area contributed by atoms with Crippen LogP contribution in [0.3, 0.4) is 0 Å². The number of H-pyrrole nitrogens is 3. The van der Waals surface area contributed by atoms with Gasteiger partial charge in [0.1, 0.15) is 0 Å². The van der Waals surface area contributed by atoms with Gasteiger partial charge < -0.3 is 15.0 Å². The molecule has 0 spiro atoms. The van der Waals surface area contributed by atoms with Gasteiger partial charge in [0.25, 0.3) is 0 Å². The normalized spacial score (nSPS) is 11.2. The zero-order valence-electron chi connectivity index (χ0n) is 28.9. The topological polar surface area (TPSA) is 47.4 Å². The average molecular weight is 668 g/mol. The highest BCUT2D eigenvalue weighted by Gasteiger charge is 2.29. The summed E-state index contributed by atoms with van der Waals surface area (Å²) >= 11 is 0. The first kappa shape index (κ1) is 31.2. The predicted octanol–water partition coefficient (Wildman–Crippen LogP) is 13.3. The second kappa shape index (κ2) is 13.5. The molecule has 0 atom stereocenters. The molecule has 0 aliphatic carbocycles. The van der Waals surface area contributed by atoms with Crippen molar-refractivity contribution >= 4 is 0 Å². The first-order chi connectivity index (χ1) is 25.8. The highest BCUT2D eigenvalue weighted by molar-refractivity contribution is 6.07. The Morgan fingerprint density at radius 2 is 0.596 bits per heavy atom. The molecule has 3 N–H and O–H groups in total. The third kappa shape index (κ3) is 5.49. The van der Waals surface area contributed by atoms with E-state index in [0.717, 1.165) is 73.0 Å². The number of benzene rings is 6. The number of aromatic amines is 3. The molecule has 52 heavy (non-hydrogen) atoms. The second-order valence-corrected chi connectivity index (χ2v) is 13.1. The summed E-state index contributed by atoms with van der Waals surface area (Å²) in [7, 11) is 0. The second-order valence-electron chi connectivity index (χ2n) is 13.1. The molecule has 0 saturated heterocycles. The number of aryl methyl sites for hydroxylation is 1. The van der Waals surface area contributed by atoms with Crippen molar-refractivity contribution in [2.75, 3.05) is 0 Å². The van der Waals surface area contributed by atoms with Gasteiger partial charge in [-0.1, -0.05) is 182 Å². The molecular formula is C49H37N3. The van der Waals surface area contributed by atoms with Crippen molar-refractivity contribution in [3.05, 3.63) is 194 Å². The molecule has 3 heterocycles. The summed E-state index contributed by atoms with van der Waals surface area (Å²) in [5.41, 5.74) is 19.2. The minimum atomic E-state index is 1.04. The molecule has 3 aromatic heterocycles. The third-order valence-corrected chi connectivity index (χ3v) is 9.96. The first-order valence-corrected chi connectivity index (χ1v) is 17.8. The molecule has 9 rings (SSSR count). The number of hydrogen-bond acceptors (Lipinski definition) is 0. The van der Waals surface area contributed by atoms with Crippen molar-refractivity contribution in [2.24, 2.45) is 0 Å². The molecule has 0 bridgehead atoms. The van der Waals surface area contributed by atoms with Crippen molar-refractivity contribution in [2.45, 2.75) is 6.92 Å². The van der Waals surface area contributed by atoms with E-state index < -0.39 is 0 Å². The maximum Gasteiger partial charge on any atom is 0.0717 e. The van der Waals surface area contributed by atoms with E-state index in [4.69, 9.17) is 0 Å². The number of hydrogen-bond donors (Lipinski definition) is 3. The van der Waals surface area contributed by atoms with Crippen LogP contribution in [0.2, 0.25) is 0 Å². The fourth-order valence-electron chi connectivity index (χ4n) is 7.70. The summed E-state index contributed by atoms with van der Waals surface area (Å²) in [6, 6.07) is 64.5. The van der Waals surface area contributed by atoms with Crippen LogP contribution in [0.1, 0.15) is 5.69 Å².